The van der Waals surface area contributed by atoms with Crippen LogP contribution in [0.25, 0.3) is 0 Å². The van der Waals surface area contributed by atoms with E-state index in [9.17, 15) is 22.8 Å². The number of hydrogen-bond acceptors (Lipinski definition) is 2. The molecule has 1 rings (SSSR count). The van der Waals surface area contributed by atoms with Crippen LogP contribution in [0.1, 0.15) is 31.8 Å². The Morgan fingerprint density at radius 3 is 2.00 bits per heavy atom. The van der Waals surface area contributed by atoms with Gasteiger partial charge in [0.15, 0.2) is 0 Å². The standard InChI is InChI=1S/C10H7F3O4/c1-4-2-5(8(14)15)7(9(16)17)6(3-4)10(11,12)13/h2-3H,1H3,(H,14,15)(H,16,17). The topological polar surface area (TPSA) is 74.6 Å². The van der Waals surface area contributed by atoms with Crippen LogP contribution in [0.5, 0.6) is 0 Å². The molecule has 2 N–H and O–H groups in total. The highest BCUT2D eigenvalue weighted by molar-refractivity contribution is 6.03. The lowest BCUT2D eigenvalue weighted by Crippen LogP contribution is -2.18. The summed E-state index contributed by atoms with van der Waals surface area (Å²) in [5, 5.41) is 17.4. The van der Waals surface area contributed by atoms with E-state index in [1.165, 1.54) is 6.92 Å². The van der Waals surface area contributed by atoms with E-state index in [4.69, 9.17) is 10.2 Å². The molecule has 17 heavy (non-hydrogen) atoms. The Hall–Kier alpha value is -2.05. The summed E-state index contributed by atoms with van der Waals surface area (Å²) < 4.78 is 37.7. The molecule has 0 aliphatic heterocycles. The number of halogens is 3. The Balaban J connectivity index is 3.70. The van der Waals surface area contributed by atoms with Crippen LogP contribution in [0.3, 0.4) is 0 Å². The van der Waals surface area contributed by atoms with Gasteiger partial charge in [0, 0.05) is 0 Å². The number of carboxylic acids is 2. The third-order valence-corrected chi connectivity index (χ3v) is 2.03. The lowest BCUT2D eigenvalue weighted by molar-refractivity contribution is -0.138. The highest BCUT2D eigenvalue weighted by Gasteiger charge is 2.38. The first-order chi connectivity index (χ1) is 7.64. The Kier molecular flexibility index (Phi) is 3.12. The summed E-state index contributed by atoms with van der Waals surface area (Å²) in [6.07, 6.45) is -4.91. The second kappa shape index (κ2) is 4.08. The quantitative estimate of drug-likeness (QED) is 0.842. The minimum absolute atomic E-state index is 0.0275. The molecule has 0 saturated heterocycles. The van der Waals surface area contributed by atoms with Gasteiger partial charge < -0.3 is 10.2 Å². The number of alkyl halides is 3. The fourth-order valence-electron chi connectivity index (χ4n) is 1.41. The molecule has 0 bridgehead atoms. The molecule has 0 aliphatic carbocycles. The molecule has 0 aliphatic rings. The molecule has 0 amide bonds. The van der Waals surface area contributed by atoms with Gasteiger partial charge in [0.05, 0.1) is 16.7 Å². The second-order valence-corrected chi connectivity index (χ2v) is 3.34. The van der Waals surface area contributed by atoms with Crippen molar-refractivity contribution in [3.8, 4) is 0 Å². The summed E-state index contributed by atoms with van der Waals surface area (Å²) >= 11 is 0. The van der Waals surface area contributed by atoms with Crippen LogP contribution in [-0.4, -0.2) is 22.2 Å². The molecular weight excluding hydrogens is 241 g/mol. The van der Waals surface area contributed by atoms with Gasteiger partial charge in [-0.05, 0) is 24.6 Å². The first-order valence-corrected chi connectivity index (χ1v) is 4.33. The summed E-state index contributed by atoms with van der Waals surface area (Å²) in [6, 6.07) is 1.50. The number of aryl methyl sites for hydroxylation is 1. The highest BCUT2D eigenvalue weighted by Crippen LogP contribution is 2.34. The molecule has 4 nitrogen and oxygen atoms in total. The Labute approximate surface area is 93.3 Å². The van der Waals surface area contributed by atoms with Crippen LogP contribution < -0.4 is 0 Å². The van der Waals surface area contributed by atoms with Gasteiger partial charge in [-0.2, -0.15) is 13.2 Å². The van der Waals surface area contributed by atoms with Gasteiger partial charge in [0.1, 0.15) is 0 Å². The van der Waals surface area contributed by atoms with Gasteiger partial charge in [-0.1, -0.05) is 0 Å². The maximum absolute atomic E-state index is 12.6. The van der Waals surface area contributed by atoms with Crippen molar-refractivity contribution in [1.82, 2.24) is 0 Å². The van der Waals surface area contributed by atoms with Gasteiger partial charge in [-0.15, -0.1) is 0 Å². The van der Waals surface area contributed by atoms with Crippen molar-refractivity contribution >= 4 is 11.9 Å². The average molecular weight is 248 g/mol. The zero-order valence-electron chi connectivity index (χ0n) is 8.50. The Morgan fingerprint density at radius 2 is 1.65 bits per heavy atom. The highest BCUT2D eigenvalue weighted by atomic mass is 19.4. The first-order valence-electron chi connectivity index (χ1n) is 4.33. The Morgan fingerprint density at radius 1 is 1.12 bits per heavy atom. The number of benzene rings is 1. The van der Waals surface area contributed by atoms with Crippen molar-refractivity contribution in [3.05, 3.63) is 34.4 Å². The van der Waals surface area contributed by atoms with E-state index in [-0.39, 0.29) is 5.56 Å². The van der Waals surface area contributed by atoms with E-state index in [1.54, 1.807) is 0 Å². The molecule has 0 fully saturated rings. The Bertz CT molecular complexity index is 491. The number of hydrogen-bond donors (Lipinski definition) is 2. The van der Waals surface area contributed by atoms with E-state index >= 15 is 0 Å². The smallest absolute Gasteiger partial charge is 0.417 e. The second-order valence-electron chi connectivity index (χ2n) is 3.34. The number of carboxylic acid groups (broad SMARTS) is 2. The maximum Gasteiger partial charge on any atom is 0.417 e. The summed E-state index contributed by atoms with van der Waals surface area (Å²) in [5.41, 5.74) is -3.54. The molecule has 0 heterocycles. The number of rotatable bonds is 2. The van der Waals surface area contributed by atoms with Crippen LogP contribution in [-0.2, 0) is 6.18 Å². The summed E-state index contributed by atoms with van der Waals surface area (Å²) in [6.45, 7) is 1.26. The monoisotopic (exact) mass is 248 g/mol. The minimum atomic E-state index is -4.91. The zero-order valence-corrected chi connectivity index (χ0v) is 8.50. The van der Waals surface area contributed by atoms with E-state index in [0.29, 0.717) is 6.07 Å². The van der Waals surface area contributed by atoms with Gasteiger partial charge in [0.25, 0.3) is 0 Å². The van der Waals surface area contributed by atoms with Crippen molar-refractivity contribution < 1.29 is 33.0 Å². The van der Waals surface area contributed by atoms with Crippen LogP contribution in [0.15, 0.2) is 12.1 Å². The molecule has 1 aromatic rings. The van der Waals surface area contributed by atoms with Crippen LogP contribution in [0.4, 0.5) is 13.2 Å². The normalized spacial score (nSPS) is 11.3. The predicted molar refractivity (Wildman–Crippen MR) is 50.1 cm³/mol. The van der Waals surface area contributed by atoms with Crippen molar-refractivity contribution in [2.24, 2.45) is 0 Å². The molecule has 0 aromatic heterocycles. The van der Waals surface area contributed by atoms with Gasteiger partial charge in [0.2, 0.25) is 0 Å². The fraction of sp³-hybridized carbons (Fsp3) is 0.200. The van der Waals surface area contributed by atoms with Crippen LogP contribution >= 0.6 is 0 Å². The fourth-order valence-corrected chi connectivity index (χ4v) is 1.41. The summed E-state index contributed by atoms with van der Waals surface area (Å²) in [4.78, 5) is 21.5. The molecule has 0 unspecified atom stereocenters. The zero-order chi connectivity index (χ0) is 13.4. The minimum Gasteiger partial charge on any atom is -0.478 e. The van der Waals surface area contributed by atoms with E-state index in [1.807, 2.05) is 0 Å². The molecular formula is C10H7F3O4. The molecule has 0 saturated carbocycles. The lowest BCUT2D eigenvalue weighted by atomic mass is 9.97. The van der Waals surface area contributed by atoms with Gasteiger partial charge >= 0.3 is 18.1 Å². The van der Waals surface area contributed by atoms with Crippen molar-refractivity contribution in [3.63, 3.8) is 0 Å². The van der Waals surface area contributed by atoms with E-state index < -0.39 is 34.8 Å². The number of carbonyl (C=O) groups is 2. The predicted octanol–water partition coefficient (Wildman–Crippen LogP) is 2.41. The molecule has 7 heteroatoms. The molecule has 0 spiro atoms. The third kappa shape index (κ3) is 2.55. The van der Waals surface area contributed by atoms with Crippen molar-refractivity contribution in [2.45, 2.75) is 13.1 Å². The van der Waals surface area contributed by atoms with Crippen LogP contribution in [0, 0.1) is 6.92 Å². The van der Waals surface area contributed by atoms with E-state index in [2.05, 4.69) is 0 Å². The molecule has 1 aromatic carbocycles. The SMILES string of the molecule is Cc1cc(C(=O)O)c(C(=O)O)c(C(F)(F)F)c1. The first kappa shape index (κ1) is 13.0. The lowest BCUT2D eigenvalue weighted by Gasteiger charge is -2.13. The largest absolute Gasteiger partial charge is 0.478 e. The van der Waals surface area contributed by atoms with E-state index in [0.717, 1.165) is 6.07 Å². The maximum atomic E-state index is 12.6. The van der Waals surface area contributed by atoms with Gasteiger partial charge in [-0.3, -0.25) is 0 Å². The summed E-state index contributed by atoms with van der Waals surface area (Å²) in [7, 11) is 0. The van der Waals surface area contributed by atoms with Crippen LogP contribution in [0.2, 0.25) is 0 Å². The summed E-state index contributed by atoms with van der Waals surface area (Å²) in [5.74, 6) is -3.63. The molecule has 0 atom stereocenters. The molecule has 92 valence electrons. The molecule has 0 radical (unpaired) electrons. The van der Waals surface area contributed by atoms with Crippen molar-refractivity contribution in [2.75, 3.05) is 0 Å². The van der Waals surface area contributed by atoms with Gasteiger partial charge in [-0.25, -0.2) is 9.59 Å². The van der Waals surface area contributed by atoms with Crippen molar-refractivity contribution in [1.29, 1.82) is 0 Å². The average Bonchev–Trinajstić information content (AvgIpc) is 2.14. The number of aromatic carboxylic acids is 2. The third-order valence-electron chi connectivity index (χ3n) is 2.03.